The van der Waals surface area contributed by atoms with E-state index in [-0.39, 0.29) is 12.1 Å². The molecule has 1 atom stereocenters. The first-order chi connectivity index (χ1) is 13.6. The minimum absolute atomic E-state index is 0.194. The number of amides is 2. The Morgan fingerprint density at radius 1 is 1.18 bits per heavy atom. The third-order valence-corrected chi connectivity index (χ3v) is 5.61. The fourth-order valence-corrected chi connectivity index (χ4v) is 4.14. The van der Waals surface area contributed by atoms with Crippen molar-refractivity contribution >= 4 is 17.4 Å². The summed E-state index contributed by atoms with van der Waals surface area (Å²) < 4.78 is 29.5. The minimum atomic E-state index is -2.51. The Balaban J connectivity index is 1.48. The van der Waals surface area contributed by atoms with Crippen LogP contribution in [-0.2, 0) is 6.54 Å². The highest BCUT2D eigenvalue weighted by molar-refractivity contribution is 7.10. The number of alkyl halides is 2. The molecular formula is C20H25F2N3O2S. The maximum absolute atomic E-state index is 12.2. The summed E-state index contributed by atoms with van der Waals surface area (Å²) in [6, 6.07) is 10.9. The van der Waals surface area contributed by atoms with Gasteiger partial charge in [0.15, 0.2) is 0 Å². The standard InChI is InChI=1S/C20H25F2N3O2S/c21-19(22)14-27-16-6-3-5-15(11-16)12-23-20(26)24-13-17(18-7-4-10-28-18)25-8-1-2-9-25/h3-7,10-11,17,19H,1-2,8-9,12-14H2,(H2,23,24,26). The minimum Gasteiger partial charge on any atom is -0.488 e. The lowest BCUT2D eigenvalue weighted by Gasteiger charge is -2.27. The first-order valence-electron chi connectivity index (χ1n) is 9.41. The molecule has 5 nitrogen and oxygen atoms in total. The molecule has 2 heterocycles. The van der Waals surface area contributed by atoms with E-state index < -0.39 is 13.0 Å². The predicted octanol–water partition coefficient (Wildman–Crippen LogP) is 4.03. The van der Waals surface area contributed by atoms with Crippen molar-refractivity contribution in [2.75, 3.05) is 26.2 Å². The van der Waals surface area contributed by atoms with Crippen LogP contribution in [-0.4, -0.2) is 43.6 Å². The van der Waals surface area contributed by atoms with E-state index in [1.165, 1.54) is 17.7 Å². The van der Waals surface area contributed by atoms with Crippen molar-refractivity contribution in [3.05, 3.63) is 52.2 Å². The lowest BCUT2D eigenvalue weighted by molar-refractivity contribution is 0.0818. The summed E-state index contributed by atoms with van der Waals surface area (Å²) in [5.74, 6) is 0.367. The van der Waals surface area contributed by atoms with Crippen LogP contribution in [0.4, 0.5) is 13.6 Å². The number of nitrogens with one attached hydrogen (secondary N) is 2. The number of rotatable bonds is 9. The SMILES string of the molecule is O=C(NCc1cccc(OCC(F)F)c1)NCC(c1cccs1)N1CCCC1. The number of urea groups is 1. The smallest absolute Gasteiger partial charge is 0.315 e. The number of likely N-dealkylation sites (tertiary alicyclic amines) is 1. The second kappa shape index (κ2) is 10.4. The lowest BCUT2D eigenvalue weighted by Crippen LogP contribution is -2.41. The molecule has 1 aliphatic rings. The van der Waals surface area contributed by atoms with Gasteiger partial charge >= 0.3 is 6.03 Å². The normalized spacial score (nSPS) is 15.5. The molecule has 1 aliphatic heterocycles. The molecule has 0 radical (unpaired) electrons. The van der Waals surface area contributed by atoms with Crippen LogP contribution in [0.3, 0.4) is 0 Å². The highest BCUT2D eigenvalue weighted by Gasteiger charge is 2.24. The van der Waals surface area contributed by atoms with Gasteiger partial charge in [0.05, 0.1) is 6.04 Å². The molecule has 0 spiro atoms. The van der Waals surface area contributed by atoms with Crippen molar-refractivity contribution < 1.29 is 18.3 Å². The summed E-state index contributed by atoms with van der Waals surface area (Å²) in [5, 5.41) is 7.83. The van der Waals surface area contributed by atoms with Gasteiger partial charge < -0.3 is 15.4 Å². The van der Waals surface area contributed by atoms with Gasteiger partial charge in [0.1, 0.15) is 12.4 Å². The van der Waals surface area contributed by atoms with Gasteiger partial charge in [-0.3, -0.25) is 4.90 Å². The first kappa shape index (κ1) is 20.5. The van der Waals surface area contributed by atoms with E-state index in [1.54, 1.807) is 29.5 Å². The van der Waals surface area contributed by atoms with Gasteiger partial charge in [-0.15, -0.1) is 11.3 Å². The monoisotopic (exact) mass is 409 g/mol. The van der Waals surface area contributed by atoms with Crippen LogP contribution in [0, 0.1) is 0 Å². The zero-order valence-corrected chi connectivity index (χ0v) is 16.4. The van der Waals surface area contributed by atoms with Crippen molar-refractivity contribution in [3.8, 4) is 5.75 Å². The molecule has 8 heteroatoms. The van der Waals surface area contributed by atoms with Crippen LogP contribution in [0.1, 0.15) is 29.3 Å². The Hall–Kier alpha value is -2.19. The number of benzene rings is 1. The molecule has 2 amide bonds. The summed E-state index contributed by atoms with van der Waals surface area (Å²) in [5.41, 5.74) is 0.788. The molecule has 2 N–H and O–H groups in total. The summed E-state index contributed by atoms with van der Waals surface area (Å²) in [6.07, 6.45) is -0.129. The van der Waals surface area contributed by atoms with Gasteiger partial charge in [-0.2, -0.15) is 0 Å². The number of nitrogens with zero attached hydrogens (tertiary/aromatic N) is 1. The molecular weight excluding hydrogens is 384 g/mol. The number of halogens is 2. The molecule has 1 aromatic carbocycles. The van der Waals surface area contributed by atoms with Gasteiger partial charge in [-0.05, 0) is 55.1 Å². The van der Waals surface area contributed by atoms with Crippen molar-refractivity contribution in [3.63, 3.8) is 0 Å². The van der Waals surface area contributed by atoms with E-state index in [2.05, 4.69) is 27.0 Å². The van der Waals surface area contributed by atoms with Crippen LogP contribution in [0.2, 0.25) is 0 Å². The van der Waals surface area contributed by atoms with Crippen LogP contribution in [0.25, 0.3) is 0 Å². The lowest BCUT2D eigenvalue weighted by atomic mass is 10.2. The second-order valence-corrected chi connectivity index (χ2v) is 7.67. The molecule has 1 unspecified atom stereocenters. The van der Waals surface area contributed by atoms with Crippen LogP contribution >= 0.6 is 11.3 Å². The quantitative estimate of drug-likeness (QED) is 0.658. The van der Waals surface area contributed by atoms with Crippen molar-refractivity contribution in [1.82, 2.24) is 15.5 Å². The predicted molar refractivity (Wildman–Crippen MR) is 106 cm³/mol. The van der Waals surface area contributed by atoms with Gasteiger partial charge in [0, 0.05) is 18.0 Å². The number of thiophene rings is 1. The molecule has 28 heavy (non-hydrogen) atoms. The van der Waals surface area contributed by atoms with Gasteiger partial charge in [0.2, 0.25) is 0 Å². The summed E-state index contributed by atoms with van der Waals surface area (Å²) in [4.78, 5) is 15.9. The fourth-order valence-electron chi connectivity index (χ4n) is 3.28. The molecule has 1 fully saturated rings. The molecule has 1 aromatic heterocycles. The van der Waals surface area contributed by atoms with E-state index in [1.807, 2.05) is 12.1 Å². The largest absolute Gasteiger partial charge is 0.488 e. The number of carbonyl (C=O) groups excluding carboxylic acids is 1. The summed E-state index contributed by atoms with van der Waals surface area (Å²) in [7, 11) is 0. The number of ether oxygens (including phenoxy) is 1. The van der Waals surface area contributed by atoms with E-state index in [4.69, 9.17) is 4.74 Å². The van der Waals surface area contributed by atoms with Crippen LogP contribution < -0.4 is 15.4 Å². The van der Waals surface area contributed by atoms with E-state index in [0.717, 1.165) is 18.7 Å². The molecule has 0 aliphatic carbocycles. The average Bonchev–Trinajstić information content (AvgIpc) is 3.40. The summed E-state index contributed by atoms with van der Waals surface area (Å²) in [6.45, 7) is 2.31. The van der Waals surface area contributed by atoms with Gasteiger partial charge in [-0.1, -0.05) is 18.2 Å². The van der Waals surface area contributed by atoms with E-state index in [9.17, 15) is 13.6 Å². The average molecular weight is 410 g/mol. The zero-order valence-electron chi connectivity index (χ0n) is 15.6. The first-order valence-corrected chi connectivity index (χ1v) is 10.3. The Bertz CT molecular complexity index is 737. The molecule has 2 aromatic rings. The Kier molecular flexibility index (Phi) is 7.62. The molecule has 152 valence electrons. The Morgan fingerprint density at radius 3 is 2.71 bits per heavy atom. The van der Waals surface area contributed by atoms with Crippen molar-refractivity contribution in [2.45, 2.75) is 31.9 Å². The zero-order chi connectivity index (χ0) is 19.8. The second-order valence-electron chi connectivity index (χ2n) is 6.69. The van der Waals surface area contributed by atoms with Crippen molar-refractivity contribution in [2.24, 2.45) is 0 Å². The molecule has 1 saturated heterocycles. The van der Waals surface area contributed by atoms with Crippen molar-refractivity contribution in [1.29, 1.82) is 0 Å². The maximum atomic E-state index is 12.2. The maximum Gasteiger partial charge on any atom is 0.315 e. The van der Waals surface area contributed by atoms with Gasteiger partial charge in [-0.25, -0.2) is 13.6 Å². The molecule has 0 bridgehead atoms. The third-order valence-electron chi connectivity index (χ3n) is 4.64. The summed E-state index contributed by atoms with van der Waals surface area (Å²) >= 11 is 1.71. The molecule has 0 saturated carbocycles. The Morgan fingerprint density at radius 2 is 2.00 bits per heavy atom. The van der Waals surface area contributed by atoms with E-state index in [0.29, 0.717) is 18.8 Å². The Labute approximate surface area is 167 Å². The van der Waals surface area contributed by atoms with E-state index >= 15 is 0 Å². The molecule has 3 rings (SSSR count). The highest BCUT2D eigenvalue weighted by atomic mass is 32.1. The number of hydrogen-bond acceptors (Lipinski definition) is 4. The fraction of sp³-hybridized carbons (Fsp3) is 0.450. The number of hydrogen-bond donors (Lipinski definition) is 2. The highest BCUT2D eigenvalue weighted by Crippen LogP contribution is 2.27. The van der Waals surface area contributed by atoms with Crippen LogP contribution in [0.15, 0.2) is 41.8 Å². The van der Waals surface area contributed by atoms with Crippen LogP contribution in [0.5, 0.6) is 5.75 Å². The third kappa shape index (κ3) is 6.17. The number of carbonyl (C=O) groups is 1. The topological polar surface area (TPSA) is 53.6 Å². The van der Waals surface area contributed by atoms with Gasteiger partial charge in [0.25, 0.3) is 6.43 Å².